The highest BCUT2D eigenvalue weighted by Gasteiger charge is 2.31. The van der Waals surface area contributed by atoms with Crippen molar-refractivity contribution in [1.29, 1.82) is 0 Å². The van der Waals surface area contributed by atoms with E-state index in [2.05, 4.69) is 11.9 Å². The summed E-state index contributed by atoms with van der Waals surface area (Å²) in [7, 11) is 1.57. The summed E-state index contributed by atoms with van der Waals surface area (Å²) >= 11 is 0. The predicted molar refractivity (Wildman–Crippen MR) is 76.0 cm³/mol. The second-order valence-corrected chi connectivity index (χ2v) is 4.81. The average Bonchev–Trinajstić information content (AvgIpc) is 2.65. The molecule has 0 fully saturated rings. The van der Waals surface area contributed by atoms with Crippen LogP contribution in [0.1, 0.15) is 22.8 Å². The van der Waals surface area contributed by atoms with E-state index in [-0.39, 0.29) is 24.4 Å². The molecule has 1 N–H and O–H groups in total. The zero-order chi connectivity index (χ0) is 14.7. The lowest BCUT2D eigenvalue weighted by Gasteiger charge is -2.19. The number of carbonyl (C=O) groups excluding carboxylic acids is 2. The fourth-order valence-electron chi connectivity index (χ4n) is 2.26. The molecule has 5 heteroatoms. The number of nitrogens with zero attached hydrogens (tertiary/aromatic N) is 1. The Balaban J connectivity index is 2.04. The van der Waals surface area contributed by atoms with Gasteiger partial charge in [-0.15, -0.1) is 0 Å². The molecule has 0 aromatic heterocycles. The number of fused-ring (bicyclic) bond motifs is 1. The zero-order valence-electron chi connectivity index (χ0n) is 11.7. The quantitative estimate of drug-likeness (QED) is 0.879. The van der Waals surface area contributed by atoms with Gasteiger partial charge in [0, 0.05) is 30.0 Å². The Bertz CT molecular complexity index is 519. The fraction of sp³-hybridized carbons (Fsp3) is 0.333. The maximum absolute atomic E-state index is 12.2. The first-order chi connectivity index (χ1) is 9.54. The lowest BCUT2D eigenvalue weighted by molar-refractivity contribution is -0.122. The molecule has 1 heterocycles. The Morgan fingerprint density at radius 1 is 1.40 bits per heavy atom. The molecular weight excluding hydrogens is 256 g/mol. The van der Waals surface area contributed by atoms with E-state index >= 15 is 0 Å². The number of amides is 2. The van der Waals surface area contributed by atoms with Gasteiger partial charge in [0.2, 0.25) is 5.91 Å². The van der Waals surface area contributed by atoms with Crippen molar-refractivity contribution in [1.82, 2.24) is 10.2 Å². The Morgan fingerprint density at radius 2 is 2.05 bits per heavy atom. The van der Waals surface area contributed by atoms with Crippen molar-refractivity contribution >= 4 is 17.5 Å². The maximum Gasteiger partial charge on any atom is 0.259 e. The third kappa shape index (κ3) is 2.72. The van der Waals surface area contributed by atoms with Crippen LogP contribution in [0.3, 0.4) is 0 Å². The number of hydrogen-bond donors (Lipinski definition) is 1. The van der Waals surface area contributed by atoms with Crippen molar-refractivity contribution in [2.45, 2.75) is 13.0 Å². The first-order valence-electron chi connectivity index (χ1n) is 6.43. The van der Waals surface area contributed by atoms with Crippen molar-refractivity contribution in [2.24, 2.45) is 0 Å². The second-order valence-electron chi connectivity index (χ2n) is 4.81. The van der Waals surface area contributed by atoms with Crippen LogP contribution in [0.2, 0.25) is 0 Å². The summed E-state index contributed by atoms with van der Waals surface area (Å²) in [5.74, 6) is -0.406. The number of ether oxygens (including phenoxy) is 1. The minimum Gasteiger partial charge on any atom is -0.383 e. The van der Waals surface area contributed by atoms with Crippen LogP contribution in [0.25, 0.3) is 5.70 Å². The zero-order valence-corrected chi connectivity index (χ0v) is 11.7. The molecule has 1 aromatic rings. The number of rotatable bonds is 5. The molecule has 0 radical (unpaired) electrons. The van der Waals surface area contributed by atoms with E-state index in [0.29, 0.717) is 17.9 Å². The molecule has 1 atom stereocenters. The van der Waals surface area contributed by atoms with Gasteiger partial charge in [-0.05, 0) is 13.0 Å². The van der Waals surface area contributed by atoms with Crippen molar-refractivity contribution in [3.63, 3.8) is 0 Å². The smallest absolute Gasteiger partial charge is 0.259 e. The van der Waals surface area contributed by atoms with Crippen LogP contribution < -0.4 is 5.32 Å². The fourth-order valence-corrected chi connectivity index (χ4v) is 2.26. The van der Waals surface area contributed by atoms with E-state index < -0.39 is 0 Å². The summed E-state index contributed by atoms with van der Waals surface area (Å²) in [6.45, 7) is 6.14. The summed E-state index contributed by atoms with van der Waals surface area (Å²) in [4.78, 5) is 25.5. The minimum atomic E-state index is -0.225. The molecule has 0 spiro atoms. The van der Waals surface area contributed by atoms with E-state index in [9.17, 15) is 9.59 Å². The van der Waals surface area contributed by atoms with Crippen molar-refractivity contribution < 1.29 is 14.3 Å². The van der Waals surface area contributed by atoms with E-state index in [1.165, 1.54) is 4.90 Å². The number of methoxy groups -OCH3 is 1. The Morgan fingerprint density at radius 3 is 2.65 bits per heavy atom. The van der Waals surface area contributed by atoms with Crippen LogP contribution in [-0.4, -0.2) is 43.0 Å². The molecule has 20 heavy (non-hydrogen) atoms. The van der Waals surface area contributed by atoms with Gasteiger partial charge in [-0.3, -0.25) is 14.5 Å². The maximum atomic E-state index is 12.2. The number of benzene rings is 1. The lowest BCUT2D eigenvalue weighted by Crippen LogP contribution is -2.42. The van der Waals surface area contributed by atoms with Crippen LogP contribution in [0.4, 0.5) is 0 Å². The number of nitrogens with one attached hydrogen (secondary N) is 1. The van der Waals surface area contributed by atoms with Gasteiger partial charge in [-0.1, -0.05) is 24.8 Å². The molecule has 0 saturated carbocycles. The highest BCUT2D eigenvalue weighted by molar-refractivity contribution is 6.10. The molecular formula is C15H18N2O3. The Labute approximate surface area is 118 Å². The molecule has 106 valence electrons. The monoisotopic (exact) mass is 274 g/mol. The van der Waals surface area contributed by atoms with Crippen molar-refractivity contribution in [3.8, 4) is 0 Å². The van der Waals surface area contributed by atoms with E-state index in [0.717, 1.165) is 5.56 Å². The van der Waals surface area contributed by atoms with Gasteiger partial charge >= 0.3 is 0 Å². The standard InChI is InChI=1S/C15H18N2O3/c1-10(9-20-3)16-14(18)8-17-11(2)12-6-4-5-7-13(12)15(17)19/h4-7,10H,2,8-9H2,1,3H3,(H,16,18). The number of hydrogen-bond acceptors (Lipinski definition) is 3. The first-order valence-corrected chi connectivity index (χ1v) is 6.43. The van der Waals surface area contributed by atoms with Crippen molar-refractivity contribution in [3.05, 3.63) is 42.0 Å². The molecule has 1 aliphatic heterocycles. The largest absolute Gasteiger partial charge is 0.383 e. The Kier molecular flexibility index (Phi) is 4.20. The van der Waals surface area contributed by atoms with Gasteiger partial charge in [0.25, 0.3) is 5.91 Å². The summed E-state index contributed by atoms with van der Waals surface area (Å²) < 4.78 is 4.95. The van der Waals surface area contributed by atoms with Gasteiger partial charge in [0.15, 0.2) is 0 Å². The molecule has 2 amide bonds. The second kappa shape index (κ2) is 5.88. The minimum absolute atomic E-state index is 0.0274. The molecule has 5 nitrogen and oxygen atoms in total. The lowest BCUT2D eigenvalue weighted by atomic mass is 10.1. The average molecular weight is 274 g/mol. The van der Waals surface area contributed by atoms with Gasteiger partial charge in [-0.25, -0.2) is 0 Å². The molecule has 1 unspecified atom stereocenters. The topological polar surface area (TPSA) is 58.6 Å². The highest BCUT2D eigenvalue weighted by atomic mass is 16.5. The van der Waals surface area contributed by atoms with Crippen LogP contribution >= 0.6 is 0 Å². The third-order valence-corrected chi connectivity index (χ3v) is 3.17. The third-order valence-electron chi connectivity index (χ3n) is 3.17. The van der Waals surface area contributed by atoms with Gasteiger partial charge in [-0.2, -0.15) is 0 Å². The van der Waals surface area contributed by atoms with Gasteiger partial charge in [0.1, 0.15) is 6.54 Å². The van der Waals surface area contributed by atoms with Crippen LogP contribution in [0.15, 0.2) is 30.8 Å². The molecule has 2 rings (SSSR count). The van der Waals surface area contributed by atoms with E-state index in [1.807, 2.05) is 19.1 Å². The molecule has 0 aliphatic carbocycles. The van der Waals surface area contributed by atoms with Crippen molar-refractivity contribution in [2.75, 3.05) is 20.3 Å². The van der Waals surface area contributed by atoms with Crippen LogP contribution in [0, 0.1) is 0 Å². The Hall–Kier alpha value is -2.14. The van der Waals surface area contributed by atoms with E-state index in [1.54, 1.807) is 19.2 Å². The van der Waals surface area contributed by atoms with Crippen LogP contribution in [-0.2, 0) is 9.53 Å². The SMILES string of the molecule is C=C1c2ccccc2C(=O)N1CC(=O)NC(C)COC. The molecule has 1 aliphatic rings. The molecule has 0 saturated heterocycles. The van der Waals surface area contributed by atoms with Crippen LogP contribution in [0.5, 0.6) is 0 Å². The van der Waals surface area contributed by atoms with Gasteiger partial charge in [0.05, 0.1) is 6.61 Å². The highest BCUT2D eigenvalue weighted by Crippen LogP contribution is 2.30. The summed E-state index contributed by atoms with van der Waals surface area (Å²) in [6.07, 6.45) is 0. The predicted octanol–water partition coefficient (Wildman–Crippen LogP) is 1.26. The molecule has 0 bridgehead atoms. The summed E-state index contributed by atoms with van der Waals surface area (Å²) in [5.41, 5.74) is 1.95. The summed E-state index contributed by atoms with van der Waals surface area (Å²) in [6, 6.07) is 7.13. The van der Waals surface area contributed by atoms with Gasteiger partial charge < -0.3 is 10.1 Å². The summed E-state index contributed by atoms with van der Waals surface area (Å²) in [5, 5.41) is 2.78. The van der Waals surface area contributed by atoms with E-state index in [4.69, 9.17) is 4.74 Å². The molecule has 1 aromatic carbocycles. The normalized spacial score (nSPS) is 15.2. The first kappa shape index (κ1) is 14.3. The number of carbonyl (C=O) groups is 2.